The quantitative estimate of drug-likeness (QED) is 0.285. The molecule has 0 spiro atoms. The molecule has 0 saturated heterocycles. The second kappa shape index (κ2) is 13.1. The van der Waals surface area contributed by atoms with E-state index in [4.69, 9.17) is 30.5 Å². The molecule has 2 aliphatic rings. The number of hydrogen-bond donors (Lipinski definition) is 2. The van der Waals surface area contributed by atoms with Crippen LogP contribution in [0.5, 0.6) is 11.5 Å². The lowest BCUT2D eigenvalue weighted by atomic mass is 9.74. The number of benzene rings is 2. The molecule has 0 aromatic heterocycles. The van der Waals surface area contributed by atoms with Gasteiger partial charge in [0.1, 0.15) is 17.0 Å². The Morgan fingerprint density at radius 2 is 1.88 bits per heavy atom. The number of amides is 2. The molecule has 2 saturated carbocycles. The maximum absolute atomic E-state index is 13.8. The molecule has 0 aliphatic heterocycles. The van der Waals surface area contributed by atoms with Gasteiger partial charge in [-0.2, -0.15) is 0 Å². The fraction of sp³-hybridized carbons (Fsp3) is 0.533. The highest BCUT2D eigenvalue weighted by Gasteiger charge is 2.53. The van der Waals surface area contributed by atoms with E-state index in [2.05, 4.69) is 5.32 Å². The van der Waals surface area contributed by atoms with Gasteiger partial charge in [0.05, 0.1) is 44.6 Å². The van der Waals surface area contributed by atoms with Crippen molar-refractivity contribution >= 4 is 23.6 Å². The van der Waals surface area contributed by atoms with Crippen molar-refractivity contribution in [2.45, 2.75) is 69.7 Å². The van der Waals surface area contributed by atoms with Crippen molar-refractivity contribution in [2.24, 2.45) is 0 Å². The van der Waals surface area contributed by atoms with Gasteiger partial charge in [0.15, 0.2) is 0 Å². The molecule has 2 aromatic rings. The molecule has 0 bridgehead atoms. The lowest BCUT2D eigenvalue weighted by Crippen LogP contribution is -2.66. The first-order valence-electron chi connectivity index (χ1n) is 13.7. The van der Waals surface area contributed by atoms with E-state index in [1.165, 1.54) is 0 Å². The largest absolute Gasteiger partial charge is 0.496 e. The molecule has 218 valence electrons. The molecule has 0 radical (unpaired) electrons. The van der Waals surface area contributed by atoms with Gasteiger partial charge in [-0.1, -0.05) is 41.9 Å². The molecular formula is C30H39ClN2O7. The molecule has 2 N–H and O–H groups in total. The van der Waals surface area contributed by atoms with Gasteiger partial charge >= 0.3 is 12.0 Å². The van der Waals surface area contributed by atoms with E-state index in [1.54, 1.807) is 19.1 Å². The Morgan fingerprint density at radius 3 is 2.45 bits per heavy atom. The molecule has 40 heavy (non-hydrogen) atoms. The number of halogens is 1. The average Bonchev–Trinajstić information content (AvgIpc) is 3.76. The first kappa shape index (κ1) is 30.0. The number of ether oxygens (including phenoxy) is 4. The predicted octanol–water partition coefficient (Wildman–Crippen LogP) is 5.55. The topological polar surface area (TPSA) is 107 Å². The van der Waals surface area contributed by atoms with Crippen LogP contribution < -0.4 is 14.8 Å². The second-order valence-electron chi connectivity index (χ2n) is 10.4. The smallest absolute Gasteiger partial charge is 0.329 e. The number of hydrogen-bond acceptors (Lipinski definition) is 6. The van der Waals surface area contributed by atoms with Crippen LogP contribution in [-0.4, -0.2) is 67.6 Å². The summed E-state index contributed by atoms with van der Waals surface area (Å²) < 4.78 is 22.9. The Kier molecular flexibility index (Phi) is 9.81. The van der Waals surface area contributed by atoms with Crippen LogP contribution in [0, 0.1) is 0 Å². The van der Waals surface area contributed by atoms with Crippen molar-refractivity contribution in [3.8, 4) is 11.5 Å². The normalized spacial score (nSPS) is 20.8. The maximum Gasteiger partial charge on any atom is 0.329 e. The highest BCUT2D eigenvalue weighted by Crippen LogP contribution is 2.53. The molecule has 9 nitrogen and oxygen atoms in total. The third kappa shape index (κ3) is 6.48. The molecule has 1 atom stereocenters. The van der Waals surface area contributed by atoms with E-state index in [-0.39, 0.29) is 32.1 Å². The number of carbonyl (C=O) groups excluding carboxylic acids is 1. The molecule has 4 rings (SSSR count). The molecular weight excluding hydrogens is 536 g/mol. The summed E-state index contributed by atoms with van der Waals surface area (Å²) in [5.74, 6) is 0.447. The average molecular weight is 575 g/mol. The van der Waals surface area contributed by atoms with Crippen LogP contribution in [0.3, 0.4) is 0 Å². The van der Waals surface area contributed by atoms with E-state index in [9.17, 15) is 14.7 Å². The summed E-state index contributed by atoms with van der Waals surface area (Å²) in [5.41, 5.74) is 1.20. The number of carbonyl (C=O) groups is 2. The van der Waals surface area contributed by atoms with Crippen LogP contribution in [0.2, 0.25) is 5.02 Å². The Hall–Kier alpha value is -3.01. The summed E-state index contributed by atoms with van der Waals surface area (Å²) >= 11 is 6.89. The molecule has 10 heteroatoms. The summed E-state index contributed by atoms with van der Waals surface area (Å²) in [6.07, 6.45) is 2.26. The molecule has 0 unspecified atom stereocenters. The number of rotatable bonds is 14. The summed E-state index contributed by atoms with van der Waals surface area (Å²) in [7, 11) is 3.18. The number of nitrogens with one attached hydrogen (secondary N) is 1. The van der Waals surface area contributed by atoms with Crippen molar-refractivity contribution in [1.29, 1.82) is 0 Å². The summed E-state index contributed by atoms with van der Waals surface area (Å²) in [6.45, 7) is 5.02. The van der Waals surface area contributed by atoms with Gasteiger partial charge in [0.25, 0.3) is 0 Å². The third-order valence-corrected chi connectivity index (χ3v) is 8.13. The monoisotopic (exact) mass is 574 g/mol. The number of carboxylic acid groups (broad SMARTS) is 1. The minimum absolute atomic E-state index is 0.202. The number of aliphatic carboxylic acids is 1. The van der Waals surface area contributed by atoms with Crippen molar-refractivity contribution in [3.05, 3.63) is 58.1 Å². The van der Waals surface area contributed by atoms with Crippen molar-refractivity contribution in [1.82, 2.24) is 10.2 Å². The van der Waals surface area contributed by atoms with Crippen LogP contribution in [0.25, 0.3) is 0 Å². The predicted molar refractivity (Wildman–Crippen MR) is 151 cm³/mol. The number of urea groups is 1. The lowest BCUT2D eigenvalue weighted by Gasteiger charge is -2.45. The van der Waals surface area contributed by atoms with Crippen LogP contribution in [0.1, 0.15) is 68.2 Å². The van der Waals surface area contributed by atoms with E-state index in [1.807, 2.05) is 50.2 Å². The van der Waals surface area contributed by atoms with E-state index in [0.717, 1.165) is 24.0 Å². The molecule has 0 heterocycles. The van der Waals surface area contributed by atoms with Gasteiger partial charge in [0, 0.05) is 37.1 Å². The Balaban J connectivity index is 1.58. The van der Waals surface area contributed by atoms with Gasteiger partial charge in [-0.05, 0) is 44.2 Å². The number of nitrogens with zero attached hydrogens (tertiary/aromatic N) is 1. The first-order chi connectivity index (χ1) is 19.2. The summed E-state index contributed by atoms with van der Waals surface area (Å²) in [6, 6.07) is 10.5. The Bertz CT molecular complexity index is 1180. The summed E-state index contributed by atoms with van der Waals surface area (Å²) in [4.78, 5) is 27.5. The fourth-order valence-electron chi connectivity index (χ4n) is 5.32. The number of methoxy groups -OCH3 is 2. The molecule has 2 amide bonds. The lowest BCUT2D eigenvalue weighted by molar-refractivity contribution is -0.156. The molecule has 2 aliphatic carbocycles. The third-order valence-electron chi connectivity index (χ3n) is 7.74. The maximum atomic E-state index is 13.8. The van der Waals surface area contributed by atoms with Crippen molar-refractivity contribution in [2.75, 3.05) is 34.0 Å². The van der Waals surface area contributed by atoms with Gasteiger partial charge < -0.3 is 34.3 Å². The fourth-order valence-corrected chi connectivity index (χ4v) is 5.71. The van der Waals surface area contributed by atoms with Crippen LogP contribution in [0.15, 0.2) is 36.4 Å². The SMILES string of the molecule is CCO[C@H]1C[C@](NC(=O)N(CCOCc2ccccc2)[C@H](C)c2cc(OC)c(C3CC3)c(OC)c2Cl)(C(=O)O)C1. The van der Waals surface area contributed by atoms with E-state index < -0.39 is 23.6 Å². The van der Waals surface area contributed by atoms with Gasteiger partial charge in [-0.15, -0.1) is 0 Å². The number of carboxylic acids is 1. The minimum atomic E-state index is -1.39. The molecule has 2 fully saturated rings. The standard InChI is InChI=1S/C30H39ClN2O7/c1-5-40-22-16-30(17-22,28(34)35)32-29(36)33(13-14-39-18-20-9-7-6-8-10-20)19(2)23-15-24(37-3)25(21-11-12-21)27(38-4)26(23)31/h6-10,15,19,21-22H,5,11-14,16-18H2,1-4H3,(H,32,36)(H,34,35)/t19-,22-,30+/m1/s1. The second-order valence-corrected chi connectivity index (χ2v) is 10.8. The Morgan fingerprint density at radius 1 is 1.18 bits per heavy atom. The highest BCUT2D eigenvalue weighted by molar-refractivity contribution is 6.33. The summed E-state index contributed by atoms with van der Waals surface area (Å²) in [5, 5.41) is 13.2. The zero-order valence-corrected chi connectivity index (χ0v) is 24.3. The van der Waals surface area contributed by atoms with Crippen molar-refractivity contribution in [3.63, 3.8) is 0 Å². The van der Waals surface area contributed by atoms with E-state index >= 15 is 0 Å². The first-order valence-corrected chi connectivity index (χ1v) is 14.1. The van der Waals surface area contributed by atoms with Gasteiger partial charge in [-0.25, -0.2) is 9.59 Å². The highest BCUT2D eigenvalue weighted by atomic mass is 35.5. The van der Waals surface area contributed by atoms with Crippen molar-refractivity contribution < 1.29 is 33.6 Å². The van der Waals surface area contributed by atoms with Gasteiger partial charge in [0.2, 0.25) is 0 Å². The zero-order chi connectivity index (χ0) is 28.9. The minimum Gasteiger partial charge on any atom is -0.496 e. The van der Waals surface area contributed by atoms with Crippen LogP contribution in [-0.2, 0) is 20.9 Å². The van der Waals surface area contributed by atoms with E-state index in [0.29, 0.717) is 41.2 Å². The molecule has 2 aromatic carbocycles. The van der Waals surface area contributed by atoms with Crippen LogP contribution >= 0.6 is 11.6 Å². The van der Waals surface area contributed by atoms with Crippen LogP contribution in [0.4, 0.5) is 4.79 Å². The van der Waals surface area contributed by atoms with Gasteiger partial charge in [-0.3, -0.25) is 0 Å². The zero-order valence-electron chi connectivity index (χ0n) is 23.6. The Labute approximate surface area is 240 Å².